The van der Waals surface area contributed by atoms with Crippen molar-refractivity contribution in [3.63, 3.8) is 0 Å². The van der Waals surface area contributed by atoms with Gasteiger partial charge in [-0.1, -0.05) is 32.9 Å². The van der Waals surface area contributed by atoms with Gasteiger partial charge in [0.05, 0.1) is 7.11 Å². The Morgan fingerprint density at radius 3 is 2.08 bits per heavy atom. The van der Waals surface area contributed by atoms with Gasteiger partial charge in [-0.05, 0) is 73.4 Å². The highest BCUT2D eigenvalue weighted by Crippen LogP contribution is 2.52. The highest BCUT2D eigenvalue weighted by Gasteiger charge is 2.40. The zero-order chi connectivity index (χ0) is 17.5. The van der Waals surface area contributed by atoms with E-state index < -0.39 is 8.32 Å². The molecule has 0 bridgehead atoms. The molecule has 0 N–H and O–H groups in total. The van der Waals surface area contributed by atoms with Gasteiger partial charge in [0.25, 0.3) is 0 Å². The standard InChI is InChI=1S/C21H32O2Si/c1-21(2,3)24(5,6)23-18-9-7-8-17(14-18)20(22-4)19(15-10-11-15)16-12-13-16/h7-9,14-16H,10-13H2,1-6H3. The van der Waals surface area contributed by atoms with Gasteiger partial charge in [-0.15, -0.1) is 0 Å². The minimum absolute atomic E-state index is 0.204. The fraction of sp³-hybridized carbons (Fsp3) is 0.619. The van der Waals surface area contributed by atoms with Gasteiger partial charge in [0.2, 0.25) is 8.32 Å². The van der Waals surface area contributed by atoms with E-state index in [0.717, 1.165) is 23.3 Å². The van der Waals surface area contributed by atoms with E-state index in [0.29, 0.717) is 0 Å². The van der Waals surface area contributed by atoms with Crippen LogP contribution in [0.3, 0.4) is 0 Å². The third-order valence-electron chi connectivity index (χ3n) is 5.78. The van der Waals surface area contributed by atoms with Gasteiger partial charge >= 0.3 is 0 Å². The molecular weight excluding hydrogens is 312 g/mol. The molecular formula is C21H32O2Si. The van der Waals surface area contributed by atoms with Crippen molar-refractivity contribution >= 4 is 14.1 Å². The van der Waals surface area contributed by atoms with Gasteiger partial charge < -0.3 is 9.16 Å². The van der Waals surface area contributed by atoms with Crippen LogP contribution in [0, 0.1) is 11.8 Å². The number of hydrogen-bond acceptors (Lipinski definition) is 2. The summed E-state index contributed by atoms with van der Waals surface area (Å²) in [6, 6.07) is 8.55. The summed E-state index contributed by atoms with van der Waals surface area (Å²) in [5.41, 5.74) is 2.75. The Labute approximate surface area is 148 Å². The van der Waals surface area contributed by atoms with E-state index in [9.17, 15) is 0 Å². The van der Waals surface area contributed by atoms with E-state index in [1.54, 1.807) is 5.57 Å². The molecule has 1 aromatic rings. The van der Waals surface area contributed by atoms with Gasteiger partial charge in [-0.2, -0.15) is 0 Å². The zero-order valence-electron chi connectivity index (χ0n) is 16.1. The molecule has 2 fully saturated rings. The zero-order valence-corrected chi connectivity index (χ0v) is 17.1. The smallest absolute Gasteiger partial charge is 0.250 e. The normalized spacial score (nSPS) is 18.2. The number of rotatable bonds is 6. The van der Waals surface area contributed by atoms with Gasteiger partial charge in [-0.3, -0.25) is 0 Å². The van der Waals surface area contributed by atoms with Crippen molar-refractivity contribution in [2.75, 3.05) is 7.11 Å². The average molecular weight is 345 g/mol. The first kappa shape index (κ1) is 17.6. The Hall–Kier alpha value is -1.22. The van der Waals surface area contributed by atoms with Crippen LogP contribution in [0.4, 0.5) is 0 Å². The Morgan fingerprint density at radius 2 is 1.62 bits per heavy atom. The summed E-state index contributed by atoms with van der Waals surface area (Å²) >= 11 is 0. The number of hydrogen-bond donors (Lipinski definition) is 0. The van der Waals surface area contributed by atoms with Gasteiger partial charge in [0.15, 0.2) is 0 Å². The van der Waals surface area contributed by atoms with Crippen LogP contribution in [0.5, 0.6) is 5.75 Å². The maximum Gasteiger partial charge on any atom is 0.250 e. The lowest BCUT2D eigenvalue weighted by Crippen LogP contribution is -2.43. The molecule has 0 atom stereocenters. The van der Waals surface area contributed by atoms with Crippen LogP contribution in [-0.4, -0.2) is 15.4 Å². The van der Waals surface area contributed by atoms with Crippen LogP contribution in [0.1, 0.15) is 52.0 Å². The lowest BCUT2D eigenvalue weighted by molar-refractivity contribution is 0.362. The molecule has 2 saturated carbocycles. The highest BCUT2D eigenvalue weighted by atomic mass is 28.4. The molecule has 0 aromatic heterocycles. The van der Waals surface area contributed by atoms with E-state index in [1.807, 2.05) is 7.11 Å². The van der Waals surface area contributed by atoms with Crippen LogP contribution in [0.15, 0.2) is 29.8 Å². The number of methoxy groups -OCH3 is 1. The van der Waals surface area contributed by atoms with Crippen LogP contribution >= 0.6 is 0 Å². The van der Waals surface area contributed by atoms with E-state index in [4.69, 9.17) is 9.16 Å². The lowest BCUT2D eigenvalue weighted by atomic mass is 10.00. The third-order valence-corrected chi connectivity index (χ3v) is 10.1. The molecule has 0 aliphatic heterocycles. The van der Waals surface area contributed by atoms with Crippen LogP contribution in [0.2, 0.25) is 18.1 Å². The topological polar surface area (TPSA) is 18.5 Å². The van der Waals surface area contributed by atoms with Crippen LogP contribution in [-0.2, 0) is 4.74 Å². The van der Waals surface area contributed by atoms with Crippen molar-refractivity contribution in [1.29, 1.82) is 0 Å². The Morgan fingerprint density at radius 1 is 1.04 bits per heavy atom. The van der Waals surface area contributed by atoms with Gasteiger partial charge in [0, 0.05) is 5.56 Å². The quantitative estimate of drug-likeness (QED) is 0.448. The van der Waals surface area contributed by atoms with Crippen molar-refractivity contribution in [2.45, 2.75) is 64.6 Å². The monoisotopic (exact) mass is 344 g/mol. The minimum atomic E-state index is -1.82. The van der Waals surface area contributed by atoms with Crippen molar-refractivity contribution < 1.29 is 9.16 Å². The van der Waals surface area contributed by atoms with E-state index in [2.05, 4.69) is 58.1 Å². The molecule has 0 heterocycles. The van der Waals surface area contributed by atoms with Crippen molar-refractivity contribution in [2.24, 2.45) is 11.8 Å². The maximum absolute atomic E-state index is 6.49. The lowest BCUT2D eigenvalue weighted by Gasteiger charge is -2.36. The van der Waals surface area contributed by atoms with Crippen molar-refractivity contribution in [3.8, 4) is 5.75 Å². The molecule has 2 nitrogen and oxygen atoms in total. The molecule has 132 valence electrons. The predicted molar refractivity (Wildman–Crippen MR) is 104 cm³/mol. The van der Waals surface area contributed by atoms with Gasteiger partial charge in [-0.25, -0.2) is 0 Å². The van der Waals surface area contributed by atoms with E-state index in [-0.39, 0.29) is 5.04 Å². The van der Waals surface area contributed by atoms with Gasteiger partial charge in [0.1, 0.15) is 11.5 Å². The number of ether oxygens (including phenoxy) is 1. The minimum Gasteiger partial charge on any atom is -0.543 e. The van der Waals surface area contributed by atoms with E-state index >= 15 is 0 Å². The summed E-state index contributed by atoms with van der Waals surface area (Å²) in [6.07, 6.45) is 5.33. The molecule has 3 heteroatoms. The number of allylic oxidation sites excluding steroid dienone is 1. The second-order valence-electron chi connectivity index (χ2n) is 8.93. The van der Waals surface area contributed by atoms with Crippen LogP contribution < -0.4 is 4.43 Å². The predicted octanol–water partition coefficient (Wildman–Crippen LogP) is 6.25. The van der Waals surface area contributed by atoms with Crippen LogP contribution in [0.25, 0.3) is 5.76 Å². The summed E-state index contributed by atoms with van der Waals surface area (Å²) in [6.45, 7) is 11.4. The maximum atomic E-state index is 6.49. The molecule has 1 aromatic carbocycles. The average Bonchev–Trinajstić information content (AvgIpc) is 3.36. The summed E-state index contributed by atoms with van der Waals surface area (Å²) < 4.78 is 12.4. The van der Waals surface area contributed by atoms with Crippen molar-refractivity contribution in [3.05, 3.63) is 35.4 Å². The fourth-order valence-corrected chi connectivity index (χ4v) is 4.07. The summed E-state index contributed by atoms with van der Waals surface area (Å²) in [5, 5.41) is 0.204. The molecule has 0 amide bonds. The molecule has 24 heavy (non-hydrogen) atoms. The molecule has 2 aliphatic rings. The molecule has 3 rings (SSSR count). The number of benzene rings is 1. The summed E-state index contributed by atoms with van der Waals surface area (Å²) in [5.74, 6) is 3.62. The second kappa shape index (κ2) is 6.25. The SMILES string of the molecule is COC(=C(C1CC1)C1CC1)c1cccc(O[Si](C)(C)C(C)(C)C)c1. The summed E-state index contributed by atoms with van der Waals surface area (Å²) in [4.78, 5) is 0. The largest absolute Gasteiger partial charge is 0.543 e. The second-order valence-corrected chi connectivity index (χ2v) is 13.7. The highest BCUT2D eigenvalue weighted by molar-refractivity contribution is 6.74. The fourth-order valence-electron chi connectivity index (χ4n) is 3.04. The Balaban J connectivity index is 1.91. The Bertz CT molecular complexity index is 617. The molecule has 0 saturated heterocycles. The first-order valence-corrected chi connectivity index (χ1v) is 12.2. The molecule has 0 radical (unpaired) electrons. The van der Waals surface area contributed by atoms with Crippen molar-refractivity contribution in [1.82, 2.24) is 0 Å². The Kier molecular flexibility index (Phi) is 4.58. The first-order valence-electron chi connectivity index (χ1n) is 9.30. The third kappa shape index (κ3) is 3.71. The molecule has 0 unspecified atom stereocenters. The van der Waals surface area contributed by atoms with E-state index in [1.165, 1.54) is 31.2 Å². The molecule has 0 spiro atoms. The summed E-state index contributed by atoms with van der Waals surface area (Å²) in [7, 11) is 0.00426. The molecule has 2 aliphatic carbocycles. The first-order chi connectivity index (χ1) is 11.2.